The second-order valence-corrected chi connectivity index (χ2v) is 5.64. The fourth-order valence-electron chi connectivity index (χ4n) is 1.59. The van der Waals surface area contributed by atoms with E-state index in [1.54, 1.807) is 11.3 Å². The molecule has 2 aromatic rings. The van der Waals surface area contributed by atoms with Gasteiger partial charge in [-0.3, -0.25) is 0 Å². The van der Waals surface area contributed by atoms with Gasteiger partial charge in [-0.25, -0.2) is 15.0 Å². The molecule has 0 radical (unpaired) electrons. The van der Waals surface area contributed by atoms with E-state index in [2.05, 4.69) is 34.1 Å². The lowest BCUT2D eigenvalue weighted by atomic mass is 10.1. The average molecular weight is 262 g/mol. The standard InChI is InChI=1S/C13H18N4S/c1-9(2)4-13-15-5-11(6-16-13)14-7-12-10(3)17-8-18-12/h5-6,8-9,14H,4,7H2,1-3H3. The van der Waals surface area contributed by atoms with Crippen molar-refractivity contribution in [1.82, 2.24) is 15.0 Å². The number of anilines is 1. The summed E-state index contributed by atoms with van der Waals surface area (Å²) in [6, 6.07) is 0. The molecule has 0 fully saturated rings. The van der Waals surface area contributed by atoms with Gasteiger partial charge in [0.25, 0.3) is 0 Å². The van der Waals surface area contributed by atoms with Gasteiger partial charge in [-0.2, -0.15) is 0 Å². The van der Waals surface area contributed by atoms with Gasteiger partial charge in [-0.1, -0.05) is 13.8 Å². The molecule has 0 aromatic carbocycles. The van der Waals surface area contributed by atoms with Crippen molar-refractivity contribution in [3.8, 4) is 0 Å². The summed E-state index contributed by atoms with van der Waals surface area (Å²) in [4.78, 5) is 14.2. The zero-order valence-corrected chi connectivity index (χ0v) is 11.8. The van der Waals surface area contributed by atoms with Gasteiger partial charge >= 0.3 is 0 Å². The zero-order chi connectivity index (χ0) is 13.0. The Bertz CT molecular complexity index is 490. The Morgan fingerprint density at radius 1 is 1.22 bits per heavy atom. The molecule has 1 N–H and O–H groups in total. The summed E-state index contributed by atoms with van der Waals surface area (Å²) in [5, 5.41) is 3.31. The number of nitrogens with zero attached hydrogens (tertiary/aromatic N) is 3. The Morgan fingerprint density at radius 3 is 2.50 bits per heavy atom. The van der Waals surface area contributed by atoms with Crippen LogP contribution in [-0.4, -0.2) is 15.0 Å². The quantitative estimate of drug-likeness (QED) is 0.899. The molecule has 2 aromatic heterocycles. The number of nitrogens with one attached hydrogen (secondary N) is 1. The molecule has 0 saturated carbocycles. The Labute approximate surface area is 112 Å². The highest BCUT2D eigenvalue weighted by Crippen LogP contribution is 2.14. The van der Waals surface area contributed by atoms with Crippen LogP contribution in [0, 0.1) is 12.8 Å². The Balaban J connectivity index is 1.92. The number of rotatable bonds is 5. The highest BCUT2D eigenvalue weighted by molar-refractivity contribution is 7.09. The summed E-state index contributed by atoms with van der Waals surface area (Å²) in [5.74, 6) is 1.49. The molecule has 2 heterocycles. The predicted octanol–water partition coefficient (Wildman–Crippen LogP) is 3.05. The Hall–Kier alpha value is -1.49. The summed E-state index contributed by atoms with van der Waals surface area (Å²) in [6.45, 7) is 7.14. The van der Waals surface area contributed by atoms with E-state index >= 15 is 0 Å². The van der Waals surface area contributed by atoms with Gasteiger partial charge in [-0.05, 0) is 12.8 Å². The molecule has 2 rings (SSSR count). The molecule has 4 nitrogen and oxygen atoms in total. The normalized spacial score (nSPS) is 10.9. The molecule has 0 bridgehead atoms. The fourth-order valence-corrected chi connectivity index (χ4v) is 2.31. The van der Waals surface area contributed by atoms with E-state index in [-0.39, 0.29) is 0 Å². The molecule has 0 unspecified atom stereocenters. The van der Waals surface area contributed by atoms with Gasteiger partial charge < -0.3 is 5.32 Å². The second kappa shape index (κ2) is 5.91. The van der Waals surface area contributed by atoms with Crippen LogP contribution in [0.5, 0.6) is 0 Å². The van der Waals surface area contributed by atoms with Crippen molar-refractivity contribution in [3.63, 3.8) is 0 Å². The molecule has 96 valence electrons. The van der Waals surface area contributed by atoms with Crippen molar-refractivity contribution < 1.29 is 0 Å². The van der Waals surface area contributed by atoms with Crippen LogP contribution in [0.25, 0.3) is 0 Å². The third kappa shape index (κ3) is 3.50. The maximum atomic E-state index is 4.36. The summed E-state index contributed by atoms with van der Waals surface area (Å²) in [6.07, 6.45) is 4.62. The number of hydrogen-bond acceptors (Lipinski definition) is 5. The van der Waals surface area contributed by atoms with Gasteiger partial charge in [0.05, 0.1) is 35.8 Å². The molecule has 0 aliphatic heterocycles. The van der Waals surface area contributed by atoms with Gasteiger partial charge in [0.15, 0.2) is 0 Å². The first-order valence-electron chi connectivity index (χ1n) is 6.09. The first kappa shape index (κ1) is 13.0. The predicted molar refractivity (Wildman–Crippen MR) is 74.8 cm³/mol. The lowest BCUT2D eigenvalue weighted by Crippen LogP contribution is -2.04. The molecule has 0 atom stereocenters. The maximum absolute atomic E-state index is 4.36. The lowest BCUT2D eigenvalue weighted by molar-refractivity contribution is 0.620. The highest BCUT2D eigenvalue weighted by atomic mass is 32.1. The molecule has 0 spiro atoms. The van der Waals surface area contributed by atoms with Crippen LogP contribution in [-0.2, 0) is 13.0 Å². The van der Waals surface area contributed by atoms with Crippen molar-refractivity contribution in [1.29, 1.82) is 0 Å². The SMILES string of the molecule is Cc1ncsc1CNc1cnc(CC(C)C)nc1. The van der Waals surface area contributed by atoms with E-state index < -0.39 is 0 Å². The minimum absolute atomic E-state index is 0.587. The van der Waals surface area contributed by atoms with Crippen LogP contribution < -0.4 is 5.32 Å². The molecule has 0 saturated heterocycles. The van der Waals surface area contributed by atoms with Crippen molar-refractivity contribution in [2.45, 2.75) is 33.7 Å². The average Bonchev–Trinajstić information content (AvgIpc) is 2.73. The second-order valence-electron chi connectivity index (χ2n) is 4.70. The molecule has 0 amide bonds. The van der Waals surface area contributed by atoms with Crippen molar-refractivity contribution in [2.75, 3.05) is 5.32 Å². The van der Waals surface area contributed by atoms with Crippen LogP contribution in [0.15, 0.2) is 17.9 Å². The largest absolute Gasteiger partial charge is 0.378 e. The molecule has 0 aliphatic carbocycles. The van der Waals surface area contributed by atoms with Crippen LogP contribution in [0.2, 0.25) is 0 Å². The molecular weight excluding hydrogens is 244 g/mol. The van der Waals surface area contributed by atoms with Crippen LogP contribution >= 0.6 is 11.3 Å². The van der Waals surface area contributed by atoms with Crippen molar-refractivity contribution in [3.05, 3.63) is 34.3 Å². The van der Waals surface area contributed by atoms with Crippen LogP contribution in [0.3, 0.4) is 0 Å². The lowest BCUT2D eigenvalue weighted by Gasteiger charge is -2.06. The first-order valence-corrected chi connectivity index (χ1v) is 6.97. The highest BCUT2D eigenvalue weighted by Gasteiger charge is 2.03. The van der Waals surface area contributed by atoms with E-state index in [9.17, 15) is 0 Å². The van der Waals surface area contributed by atoms with Gasteiger partial charge in [0, 0.05) is 11.3 Å². The van der Waals surface area contributed by atoms with Gasteiger partial charge in [0.2, 0.25) is 0 Å². The number of hydrogen-bond donors (Lipinski definition) is 1. The Morgan fingerprint density at radius 2 is 1.94 bits per heavy atom. The molecule has 18 heavy (non-hydrogen) atoms. The molecular formula is C13H18N4S. The third-order valence-corrected chi connectivity index (χ3v) is 3.53. The van der Waals surface area contributed by atoms with Crippen LogP contribution in [0.1, 0.15) is 30.2 Å². The summed E-state index contributed by atoms with van der Waals surface area (Å²) in [7, 11) is 0. The third-order valence-electron chi connectivity index (χ3n) is 2.59. The van der Waals surface area contributed by atoms with E-state index in [1.165, 1.54) is 4.88 Å². The smallest absolute Gasteiger partial charge is 0.128 e. The van der Waals surface area contributed by atoms with Gasteiger partial charge in [-0.15, -0.1) is 11.3 Å². The van der Waals surface area contributed by atoms with E-state index in [0.29, 0.717) is 5.92 Å². The molecule has 0 aliphatic rings. The van der Waals surface area contributed by atoms with Crippen LogP contribution in [0.4, 0.5) is 5.69 Å². The van der Waals surface area contributed by atoms with Crippen molar-refractivity contribution >= 4 is 17.0 Å². The number of thiazole rings is 1. The zero-order valence-electron chi connectivity index (χ0n) is 11.0. The summed E-state index contributed by atoms with van der Waals surface area (Å²) in [5.41, 5.74) is 3.91. The Kier molecular flexibility index (Phi) is 4.25. The van der Waals surface area contributed by atoms with Gasteiger partial charge in [0.1, 0.15) is 5.82 Å². The number of aryl methyl sites for hydroxylation is 1. The van der Waals surface area contributed by atoms with E-state index in [1.807, 2.05) is 24.8 Å². The summed E-state index contributed by atoms with van der Waals surface area (Å²) < 4.78 is 0. The number of aromatic nitrogens is 3. The van der Waals surface area contributed by atoms with E-state index in [0.717, 1.165) is 30.2 Å². The molecule has 5 heteroatoms. The topological polar surface area (TPSA) is 50.7 Å². The monoisotopic (exact) mass is 262 g/mol. The minimum atomic E-state index is 0.587. The minimum Gasteiger partial charge on any atom is -0.378 e. The van der Waals surface area contributed by atoms with E-state index in [4.69, 9.17) is 0 Å². The maximum Gasteiger partial charge on any atom is 0.128 e. The summed E-state index contributed by atoms with van der Waals surface area (Å²) >= 11 is 1.67. The fraction of sp³-hybridized carbons (Fsp3) is 0.462. The van der Waals surface area contributed by atoms with Crippen molar-refractivity contribution in [2.24, 2.45) is 5.92 Å². The first-order chi connectivity index (χ1) is 8.65.